The molecule has 1 aromatic rings. The van der Waals surface area contributed by atoms with Gasteiger partial charge in [0.1, 0.15) is 0 Å². The topological polar surface area (TPSA) is 40.5 Å². The van der Waals surface area contributed by atoms with Gasteiger partial charge in [0.15, 0.2) is 0 Å². The van der Waals surface area contributed by atoms with E-state index in [0.29, 0.717) is 12.6 Å². The summed E-state index contributed by atoms with van der Waals surface area (Å²) in [4.78, 5) is 13.0. The lowest BCUT2D eigenvalue weighted by molar-refractivity contribution is -0.141. The van der Waals surface area contributed by atoms with Crippen molar-refractivity contribution in [3.63, 3.8) is 0 Å². The van der Waals surface area contributed by atoms with Crippen molar-refractivity contribution < 1.29 is 9.90 Å². The number of benzene rings is 1. The Balaban J connectivity index is 2.07. The third-order valence-corrected chi connectivity index (χ3v) is 3.62. The molecule has 2 rings (SSSR count). The van der Waals surface area contributed by atoms with Gasteiger partial charge in [0.2, 0.25) is 0 Å². The zero-order chi connectivity index (χ0) is 12.4. The molecule has 0 fully saturated rings. The minimum atomic E-state index is -0.719. The van der Waals surface area contributed by atoms with E-state index in [0.717, 1.165) is 12.8 Å². The number of aliphatic carboxylic acids is 1. The molecular weight excluding hydrogens is 214 g/mol. The van der Waals surface area contributed by atoms with Crippen LogP contribution >= 0.6 is 0 Å². The molecule has 3 heteroatoms. The van der Waals surface area contributed by atoms with Crippen molar-refractivity contribution in [1.82, 2.24) is 4.90 Å². The van der Waals surface area contributed by atoms with Crippen LogP contribution in [0.3, 0.4) is 0 Å². The molecule has 0 amide bonds. The molecule has 0 aromatic heterocycles. The Labute approximate surface area is 102 Å². The Morgan fingerprint density at radius 2 is 2.24 bits per heavy atom. The Morgan fingerprint density at radius 1 is 1.53 bits per heavy atom. The van der Waals surface area contributed by atoms with Crippen LogP contribution in [-0.4, -0.2) is 29.6 Å². The minimum absolute atomic E-state index is 0.312. The lowest BCUT2D eigenvalue weighted by Gasteiger charge is -2.26. The first-order chi connectivity index (χ1) is 8.09. The summed E-state index contributed by atoms with van der Waals surface area (Å²) in [6.07, 6.45) is 2.20. The molecule has 2 unspecified atom stereocenters. The molecule has 1 N–H and O–H groups in total. The van der Waals surface area contributed by atoms with Crippen LogP contribution in [0.2, 0.25) is 0 Å². The molecule has 0 bridgehead atoms. The smallest absolute Gasteiger partial charge is 0.307 e. The van der Waals surface area contributed by atoms with Gasteiger partial charge < -0.3 is 5.11 Å². The van der Waals surface area contributed by atoms with Crippen LogP contribution in [0, 0.1) is 5.92 Å². The van der Waals surface area contributed by atoms with E-state index in [4.69, 9.17) is 5.11 Å². The van der Waals surface area contributed by atoms with Crippen molar-refractivity contribution in [2.75, 3.05) is 13.6 Å². The first kappa shape index (κ1) is 12.1. The van der Waals surface area contributed by atoms with Crippen LogP contribution in [0.15, 0.2) is 24.3 Å². The second-order valence-corrected chi connectivity index (χ2v) is 4.93. The maximum Gasteiger partial charge on any atom is 0.307 e. The molecular formula is C14H19NO2. The zero-order valence-electron chi connectivity index (χ0n) is 10.4. The van der Waals surface area contributed by atoms with E-state index < -0.39 is 5.97 Å². The van der Waals surface area contributed by atoms with Crippen molar-refractivity contribution >= 4 is 5.97 Å². The number of rotatable bonds is 4. The van der Waals surface area contributed by atoms with Gasteiger partial charge in [0, 0.05) is 12.6 Å². The summed E-state index contributed by atoms with van der Waals surface area (Å²) >= 11 is 0. The maximum absolute atomic E-state index is 10.9. The molecule has 1 aliphatic carbocycles. The first-order valence-corrected chi connectivity index (χ1v) is 6.10. The fraction of sp³-hybridized carbons (Fsp3) is 0.500. The SMILES string of the molecule is CC(CN(C)C1CCc2ccccc21)C(=O)O. The van der Waals surface area contributed by atoms with Gasteiger partial charge in [0.25, 0.3) is 0 Å². The van der Waals surface area contributed by atoms with E-state index in [9.17, 15) is 4.79 Å². The van der Waals surface area contributed by atoms with E-state index in [1.54, 1.807) is 6.92 Å². The normalized spacial score (nSPS) is 20.3. The minimum Gasteiger partial charge on any atom is -0.481 e. The standard InChI is InChI=1S/C14H19NO2/c1-10(14(16)17)9-15(2)13-8-7-11-5-3-4-6-12(11)13/h3-6,10,13H,7-9H2,1-2H3,(H,16,17). The highest BCUT2D eigenvalue weighted by Gasteiger charge is 2.27. The van der Waals surface area contributed by atoms with Crippen molar-refractivity contribution in [3.05, 3.63) is 35.4 Å². The molecule has 3 nitrogen and oxygen atoms in total. The highest BCUT2D eigenvalue weighted by atomic mass is 16.4. The zero-order valence-corrected chi connectivity index (χ0v) is 10.4. The summed E-state index contributed by atoms with van der Waals surface area (Å²) in [6, 6.07) is 8.85. The predicted octanol–water partition coefficient (Wildman–Crippen LogP) is 2.33. The van der Waals surface area contributed by atoms with Gasteiger partial charge >= 0.3 is 5.97 Å². The Kier molecular flexibility index (Phi) is 3.48. The van der Waals surface area contributed by atoms with E-state index in [-0.39, 0.29) is 5.92 Å². The third kappa shape index (κ3) is 2.50. The van der Waals surface area contributed by atoms with Crippen LogP contribution in [0.1, 0.15) is 30.5 Å². The predicted molar refractivity (Wildman–Crippen MR) is 66.9 cm³/mol. The quantitative estimate of drug-likeness (QED) is 0.867. The lowest BCUT2D eigenvalue weighted by atomic mass is 10.1. The average Bonchev–Trinajstić information content (AvgIpc) is 2.72. The fourth-order valence-electron chi connectivity index (χ4n) is 2.63. The lowest BCUT2D eigenvalue weighted by Crippen LogP contribution is -2.31. The van der Waals surface area contributed by atoms with Crippen molar-refractivity contribution in [1.29, 1.82) is 0 Å². The summed E-state index contributed by atoms with van der Waals surface area (Å²) < 4.78 is 0. The molecule has 0 aliphatic heterocycles. The van der Waals surface area contributed by atoms with Crippen LogP contribution in [0.5, 0.6) is 0 Å². The molecule has 92 valence electrons. The second-order valence-electron chi connectivity index (χ2n) is 4.93. The van der Waals surface area contributed by atoms with Crippen LogP contribution in [0.4, 0.5) is 0 Å². The van der Waals surface area contributed by atoms with Gasteiger partial charge in [-0.05, 0) is 31.0 Å². The van der Waals surface area contributed by atoms with Crippen molar-refractivity contribution in [2.24, 2.45) is 5.92 Å². The monoisotopic (exact) mass is 233 g/mol. The molecule has 17 heavy (non-hydrogen) atoms. The number of fused-ring (bicyclic) bond motifs is 1. The Bertz CT molecular complexity index is 416. The average molecular weight is 233 g/mol. The number of hydrogen-bond donors (Lipinski definition) is 1. The van der Waals surface area contributed by atoms with Gasteiger partial charge in [0.05, 0.1) is 5.92 Å². The van der Waals surface area contributed by atoms with Gasteiger partial charge in [-0.2, -0.15) is 0 Å². The van der Waals surface area contributed by atoms with Gasteiger partial charge in [-0.1, -0.05) is 31.2 Å². The van der Waals surface area contributed by atoms with Crippen molar-refractivity contribution in [3.8, 4) is 0 Å². The third-order valence-electron chi connectivity index (χ3n) is 3.62. The summed E-state index contributed by atoms with van der Waals surface area (Å²) in [6.45, 7) is 2.37. The number of carbonyl (C=O) groups is 1. The van der Waals surface area contributed by atoms with E-state index in [1.807, 2.05) is 7.05 Å². The number of aryl methyl sites for hydroxylation is 1. The van der Waals surface area contributed by atoms with Crippen LogP contribution < -0.4 is 0 Å². The Morgan fingerprint density at radius 3 is 2.94 bits per heavy atom. The summed E-state index contributed by atoms with van der Waals surface area (Å²) in [5.41, 5.74) is 2.78. The maximum atomic E-state index is 10.9. The molecule has 0 spiro atoms. The van der Waals surface area contributed by atoms with E-state index in [1.165, 1.54) is 11.1 Å². The van der Waals surface area contributed by atoms with Gasteiger partial charge in [-0.15, -0.1) is 0 Å². The van der Waals surface area contributed by atoms with Gasteiger partial charge in [-0.3, -0.25) is 9.69 Å². The highest BCUT2D eigenvalue weighted by Crippen LogP contribution is 2.34. The summed E-state index contributed by atoms with van der Waals surface area (Å²) in [7, 11) is 2.02. The number of carboxylic acid groups (broad SMARTS) is 1. The summed E-state index contributed by atoms with van der Waals surface area (Å²) in [5, 5.41) is 8.94. The van der Waals surface area contributed by atoms with Gasteiger partial charge in [-0.25, -0.2) is 0 Å². The highest BCUT2D eigenvalue weighted by molar-refractivity contribution is 5.69. The molecule has 0 radical (unpaired) electrons. The second kappa shape index (κ2) is 4.88. The largest absolute Gasteiger partial charge is 0.481 e. The number of nitrogens with zero attached hydrogens (tertiary/aromatic N) is 1. The number of hydrogen-bond acceptors (Lipinski definition) is 2. The molecule has 0 saturated carbocycles. The van der Waals surface area contributed by atoms with E-state index in [2.05, 4.69) is 29.2 Å². The van der Waals surface area contributed by atoms with E-state index >= 15 is 0 Å². The van der Waals surface area contributed by atoms with Crippen LogP contribution in [-0.2, 0) is 11.2 Å². The fourth-order valence-corrected chi connectivity index (χ4v) is 2.63. The first-order valence-electron chi connectivity index (χ1n) is 6.10. The van der Waals surface area contributed by atoms with Crippen molar-refractivity contribution in [2.45, 2.75) is 25.8 Å². The molecule has 1 aliphatic rings. The Hall–Kier alpha value is -1.35. The molecule has 2 atom stereocenters. The molecule has 1 aromatic carbocycles. The number of carboxylic acids is 1. The summed E-state index contributed by atoms with van der Waals surface area (Å²) in [5.74, 6) is -1.03. The molecule has 0 saturated heterocycles. The van der Waals surface area contributed by atoms with Crippen LogP contribution in [0.25, 0.3) is 0 Å². The molecule has 0 heterocycles.